The van der Waals surface area contributed by atoms with Crippen molar-refractivity contribution in [3.63, 3.8) is 0 Å². The van der Waals surface area contributed by atoms with Gasteiger partial charge in [0, 0.05) is 17.6 Å². The van der Waals surface area contributed by atoms with Crippen molar-refractivity contribution in [1.29, 1.82) is 0 Å². The Bertz CT molecular complexity index is 648. The molecule has 5 nitrogen and oxygen atoms in total. The third-order valence-corrected chi connectivity index (χ3v) is 5.42. The van der Waals surface area contributed by atoms with E-state index in [-0.39, 0.29) is 9.96 Å². The van der Waals surface area contributed by atoms with Crippen LogP contribution in [0.1, 0.15) is 5.56 Å². The van der Waals surface area contributed by atoms with Crippen molar-refractivity contribution in [3.05, 3.63) is 41.3 Å². The molecule has 0 aliphatic rings. The summed E-state index contributed by atoms with van der Waals surface area (Å²) in [6.07, 6.45) is 0.556. The molecule has 4 N–H and O–H groups in total. The fourth-order valence-corrected chi connectivity index (χ4v) is 3.69. The smallest absolute Gasteiger partial charge is 0.250 e. The van der Waals surface area contributed by atoms with Gasteiger partial charge in [0.05, 0.1) is 0 Å². The summed E-state index contributed by atoms with van der Waals surface area (Å²) in [6, 6.07) is 8.10. The molecule has 2 aromatic rings. The van der Waals surface area contributed by atoms with Crippen molar-refractivity contribution in [2.75, 3.05) is 12.3 Å². The Morgan fingerprint density at radius 1 is 1.26 bits per heavy atom. The summed E-state index contributed by atoms with van der Waals surface area (Å²) >= 11 is 1.10. The third-order valence-electron chi connectivity index (χ3n) is 2.50. The summed E-state index contributed by atoms with van der Waals surface area (Å²) in [5.41, 5.74) is 6.90. The van der Waals surface area contributed by atoms with Crippen LogP contribution in [0.3, 0.4) is 0 Å². The average Bonchev–Trinajstić information content (AvgIpc) is 2.79. The molecule has 0 spiro atoms. The lowest BCUT2D eigenvalue weighted by Gasteiger charge is -2.05. The lowest BCUT2D eigenvalue weighted by atomic mass is 10.1. The number of benzene rings is 1. The van der Waals surface area contributed by atoms with Crippen molar-refractivity contribution in [3.8, 4) is 5.75 Å². The quantitative estimate of drug-likeness (QED) is 0.781. The molecule has 2 rings (SSSR count). The lowest BCUT2D eigenvalue weighted by molar-refractivity contribution is 0.475. The van der Waals surface area contributed by atoms with E-state index in [0.717, 1.165) is 16.9 Å². The number of nitrogens with two attached hydrogens (primary N) is 1. The molecular weight excluding hydrogens is 284 g/mol. The van der Waals surface area contributed by atoms with Crippen LogP contribution in [-0.4, -0.2) is 20.1 Å². The van der Waals surface area contributed by atoms with Gasteiger partial charge in [-0.1, -0.05) is 12.1 Å². The summed E-state index contributed by atoms with van der Waals surface area (Å²) in [5, 5.41) is 10.7. The zero-order chi connectivity index (χ0) is 13.9. The largest absolute Gasteiger partial charge is 0.508 e. The van der Waals surface area contributed by atoms with E-state index < -0.39 is 10.0 Å². The first kappa shape index (κ1) is 13.9. The number of anilines is 1. The molecule has 1 aromatic heterocycles. The summed E-state index contributed by atoms with van der Waals surface area (Å²) in [6.45, 7) is 0.297. The Morgan fingerprint density at radius 2 is 1.95 bits per heavy atom. The van der Waals surface area contributed by atoms with Gasteiger partial charge in [0.15, 0.2) is 0 Å². The van der Waals surface area contributed by atoms with Crippen LogP contribution in [0.5, 0.6) is 5.75 Å². The van der Waals surface area contributed by atoms with E-state index in [2.05, 4.69) is 4.72 Å². The van der Waals surface area contributed by atoms with Crippen molar-refractivity contribution in [2.45, 2.75) is 10.6 Å². The Labute approximate surface area is 115 Å². The van der Waals surface area contributed by atoms with Crippen LogP contribution >= 0.6 is 11.3 Å². The summed E-state index contributed by atoms with van der Waals surface area (Å²) in [5.74, 6) is 0.193. The molecule has 0 aliphatic carbocycles. The minimum absolute atomic E-state index is 0.193. The maximum atomic E-state index is 11.9. The van der Waals surface area contributed by atoms with Crippen LogP contribution in [0.15, 0.2) is 39.9 Å². The molecule has 7 heteroatoms. The zero-order valence-electron chi connectivity index (χ0n) is 10.0. The molecule has 1 aromatic carbocycles. The van der Waals surface area contributed by atoms with Crippen molar-refractivity contribution >= 4 is 27.0 Å². The van der Waals surface area contributed by atoms with Crippen LogP contribution < -0.4 is 10.5 Å². The van der Waals surface area contributed by atoms with E-state index in [0.29, 0.717) is 18.7 Å². The van der Waals surface area contributed by atoms with Crippen molar-refractivity contribution in [2.24, 2.45) is 0 Å². The zero-order valence-corrected chi connectivity index (χ0v) is 11.7. The maximum Gasteiger partial charge on any atom is 0.250 e. The van der Waals surface area contributed by atoms with Gasteiger partial charge in [0.1, 0.15) is 9.96 Å². The predicted octanol–water partition coefficient (Wildman–Crippen LogP) is 1.56. The van der Waals surface area contributed by atoms with Crippen LogP contribution in [0.4, 0.5) is 5.69 Å². The van der Waals surface area contributed by atoms with Crippen molar-refractivity contribution < 1.29 is 13.5 Å². The second kappa shape index (κ2) is 5.60. The molecule has 0 saturated heterocycles. The number of aromatic hydroxyl groups is 1. The lowest BCUT2D eigenvalue weighted by Crippen LogP contribution is -2.25. The molecule has 1 heterocycles. The van der Waals surface area contributed by atoms with Gasteiger partial charge in [0.2, 0.25) is 10.0 Å². The van der Waals surface area contributed by atoms with Gasteiger partial charge in [-0.05, 0) is 30.2 Å². The first-order valence-electron chi connectivity index (χ1n) is 5.59. The Balaban J connectivity index is 1.93. The van der Waals surface area contributed by atoms with E-state index in [1.54, 1.807) is 29.6 Å². The standard InChI is InChI=1S/C12H14N2O3S2/c13-10-7-12(18-8-10)19(16,17)14-6-5-9-1-3-11(15)4-2-9/h1-4,7-8,14-15H,5-6,13H2. The Kier molecular flexibility index (Phi) is 4.08. The van der Waals surface area contributed by atoms with E-state index in [9.17, 15) is 8.42 Å². The number of sulfonamides is 1. The number of rotatable bonds is 5. The number of nitrogen functional groups attached to an aromatic ring is 1. The number of hydrogen-bond acceptors (Lipinski definition) is 5. The fourth-order valence-electron chi connectivity index (χ4n) is 1.53. The Morgan fingerprint density at radius 3 is 2.53 bits per heavy atom. The Hall–Kier alpha value is -1.57. The van der Waals surface area contributed by atoms with Gasteiger partial charge in [-0.2, -0.15) is 0 Å². The predicted molar refractivity (Wildman–Crippen MR) is 75.7 cm³/mol. The van der Waals surface area contributed by atoms with Gasteiger partial charge in [0.25, 0.3) is 0 Å². The molecular formula is C12H14N2O3S2. The van der Waals surface area contributed by atoms with E-state index >= 15 is 0 Å². The second-order valence-corrected chi connectivity index (χ2v) is 6.92. The number of phenols is 1. The molecule has 0 amide bonds. The molecule has 0 saturated carbocycles. The minimum Gasteiger partial charge on any atom is -0.508 e. The highest BCUT2D eigenvalue weighted by Crippen LogP contribution is 2.21. The monoisotopic (exact) mass is 298 g/mol. The molecule has 0 unspecified atom stereocenters. The van der Waals surface area contributed by atoms with Gasteiger partial charge in [-0.15, -0.1) is 11.3 Å². The van der Waals surface area contributed by atoms with E-state index in [1.165, 1.54) is 6.07 Å². The molecule has 19 heavy (non-hydrogen) atoms. The molecule has 0 fully saturated rings. The number of phenolic OH excluding ortho intramolecular Hbond substituents is 1. The van der Waals surface area contributed by atoms with Crippen LogP contribution in [0, 0.1) is 0 Å². The fraction of sp³-hybridized carbons (Fsp3) is 0.167. The first-order chi connectivity index (χ1) is 8.97. The minimum atomic E-state index is -3.48. The first-order valence-corrected chi connectivity index (χ1v) is 7.95. The normalized spacial score (nSPS) is 11.6. The number of hydrogen-bond donors (Lipinski definition) is 3. The average molecular weight is 298 g/mol. The van der Waals surface area contributed by atoms with Gasteiger partial charge in [-0.3, -0.25) is 0 Å². The highest BCUT2D eigenvalue weighted by Gasteiger charge is 2.15. The summed E-state index contributed by atoms with van der Waals surface area (Å²) in [4.78, 5) is 0. The molecule has 102 valence electrons. The van der Waals surface area contributed by atoms with E-state index in [4.69, 9.17) is 10.8 Å². The van der Waals surface area contributed by atoms with Gasteiger partial charge >= 0.3 is 0 Å². The number of thiophene rings is 1. The van der Waals surface area contributed by atoms with Crippen LogP contribution in [0.25, 0.3) is 0 Å². The highest BCUT2D eigenvalue weighted by atomic mass is 32.2. The SMILES string of the molecule is Nc1csc(S(=O)(=O)NCCc2ccc(O)cc2)c1. The third kappa shape index (κ3) is 3.69. The molecule has 0 aliphatic heterocycles. The van der Waals surface area contributed by atoms with Crippen LogP contribution in [-0.2, 0) is 16.4 Å². The summed E-state index contributed by atoms with van der Waals surface area (Å²) < 4.78 is 26.5. The molecule has 0 radical (unpaired) electrons. The van der Waals surface area contributed by atoms with Gasteiger partial charge in [-0.25, -0.2) is 13.1 Å². The number of nitrogens with one attached hydrogen (secondary N) is 1. The molecule has 0 atom stereocenters. The van der Waals surface area contributed by atoms with E-state index in [1.807, 2.05) is 0 Å². The summed E-state index contributed by atoms with van der Waals surface area (Å²) in [7, 11) is -3.48. The molecule has 0 bridgehead atoms. The van der Waals surface area contributed by atoms with Crippen LogP contribution in [0.2, 0.25) is 0 Å². The topological polar surface area (TPSA) is 92.4 Å². The second-order valence-electron chi connectivity index (χ2n) is 4.01. The highest BCUT2D eigenvalue weighted by molar-refractivity contribution is 7.91. The van der Waals surface area contributed by atoms with Gasteiger partial charge < -0.3 is 10.8 Å². The van der Waals surface area contributed by atoms with Crippen molar-refractivity contribution in [1.82, 2.24) is 4.72 Å². The maximum absolute atomic E-state index is 11.9.